The van der Waals surface area contributed by atoms with E-state index in [-0.39, 0.29) is 5.54 Å². The summed E-state index contributed by atoms with van der Waals surface area (Å²) < 4.78 is 0. The number of carbonyl (C=O) groups excluding carboxylic acids is 1. The molecule has 2 rings (SSSR count). The lowest BCUT2D eigenvalue weighted by Crippen LogP contribution is -2.54. The molecule has 0 aromatic rings. The second-order valence-corrected chi connectivity index (χ2v) is 4.44. The lowest BCUT2D eigenvalue weighted by molar-refractivity contribution is -0.126. The van der Waals surface area contributed by atoms with Crippen molar-refractivity contribution in [2.24, 2.45) is 0 Å². The van der Waals surface area contributed by atoms with E-state index in [9.17, 15) is 4.79 Å². The fourth-order valence-electron chi connectivity index (χ4n) is 2.89. The van der Waals surface area contributed by atoms with Gasteiger partial charge in [-0.15, -0.1) is 0 Å². The van der Waals surface area contributed by atoms with E-state index in [0.717, 1.165) is 51.9 Å². The fraction of sp³-hybridized carbons (Fsp3) is 0.909. The lowest BCUT2D eigenvalue weighted by Gasteiger charge is -2.40. The summed E-state index contributed by atoms with van der Waals surface area (Å²) in [4.78, 5) is 14.4. The van der Waals surface area contributed by atoms with Crippen LogP contribution in [0.2, 0.25) is 0 Å². The maximum Gasteiger partial charge on any atom is 0.154 e. The zero-order valence-electron chi connectivity index (χ0n) is 9.01. The average Bonchev–Trinajstić information content (AvgIpc) is 2.49. The minimum absolute atomic E-state index is 0.0682. The highest BCUT2D eigenvalue weighted by atomic mass is 16.1. The van der Waals surface area contributed by atoms with Crippen LogP contribution >= 0.6 is 0 Å². The molecule has 0 atom stereocenters. The highest BCUT2D eigenvalue weighted by molar-refractivity contribution is 5.90. The summed E-state index contributed by atoms with van der Waals surface area (Å²) in [5.41, 5.74) is -0.0682. The maximum atomic E-state index is 12.0. The van der Waals surface area contributed by atoms with Crippen LogP contribution in [0.5, 0.6) is 0 Å². The molecule has 0 aromatic heterocycles. The number of ketones is 1. The third kappa shape index (κ3) is 1.48. The second kappa shape index (κ2) is 3.99. The van der Waals surface area contributed by atoms with Gasteiger partial charge in [-0.3, -0.25) is 9.69 Å². The summed E-state index contributed by atoms with van der Waals surface area (Å²) >= 11 is 0. The first-order valence-electron chi connectivity index (χ1n) is 5.79. The van der Waals surface area contributed by atoms with Gasteiger partial charge in [-0.1, -0.05) is 6.92 Å². The largest absolute Gasteiger partial charge is 0.317 e. The second-order valence-electron chi connectivity index (χ2n) is 4.44. The Morgan fingerprint density at radius 3 is 2.79 bits per heavy atom. The van der Waals surface area contributed by atoms with Crippen molar-refractivity contribution in [2.75, 3.05) is 26.2 Å². The van der Waals surface area contributed by atoms with Crippen molar-refractivity contribution < 1.29 is 4.79 Å². The molecule has 2 aliphatic rings. The molecule has 80 valence electrons. The van der Waals surface area contributed by atoms with Crippen LogP contribution in [0.4, 0.5) is 0 Å². The zero-order valence-corrected chi connectivity index (χ0v) is 9.01. The van der Waals surface area contributed by atoms with Gasteiger partial charge in [0.2, 0.25) is 0 Å². The van der Waals surface area contributed by atoms with E-state index in [4.69, 9.17) is 0 Å². The topological polar surface area (TPSA) is 32.3 Å². The van der Waals surface area contributed by atoms with Gasteiger partial charge in [-0.2, -0.15) is 0 Å². The van der Waals surface area contributed by atoms with E-state index in [0.29, 0.717) is 5.78 Å². The number of hydrogen-bond acceptors (Lipinski definition) is 3. The predicted molar refractivity (Wildman–Crippen MR) is 56.3 cm³/mol. The number of piperidine rings is 1. The normalized spacial score (nSPS) is 27.4. The average molecular weight is 196 g/mol. The highest BCUT2D eigenvalue weighted by Gasteiger charge is 2.47. The highest BCUT2D eigenvalue weighted by Crippen LogP contribution is 2.33. The van der Waals surface area contributed by atoms with Gasteiger partial charge in [0.1, 0.15) is 0 Å². The minimum Gasteiger partial charge on any atom is -0.317 e. The molecule has 1 N–H and O–H groups in total. The predicted octanol–water partition coefficient (Wildman–Crippen LogP) is 0.793. The molecule has 14 heavy (non-hydrogen) atoms. The molecule has 0 aliphatic carbocycles. The van der Waals surface area contributed by atoms with Crippen molar-refractivity contribution in [3.05, 3.63) is 0 Å². The molecule has 0 aromatic carbocycles. The van der Waals surface area contributed by atoms with Crippen LogP contribution in [0.3, 0.4) is 0 Å². The van der Waals surface area contributed by atoms with Crippen LogP contribution in [0, 0.1) is 0 Å². The number of likely N-dealkylation sites (tertiary alicyclic amines) is 1. The fourth-order valence-corrected chi connectivity index (χ4v) is 2.89. The molecule has 0 unspecified atom stereocenters. The van der Waals surface area contributed by atoms with Crippen LogP contribution < -0.4 is 5.32 Å². The Labute approximate surface area is 85.8 Å². The van der Waals surface area contributed by atoms with Crippen LogP contribution in [-0.2, 0) is 4.79 Å². The van der Waals surface area contributed by atoms with Gasteiger partial charge in [0.15, 0.2) is 5.78 Å². The van der Waals surface area contributed by atoms with E-state index in [1.165, 1.54) is 0 Å². The number of nitrogens with zero attached hydrogens (tertiary/aromatic N) is 1. The number of Topliss-reactive ketones (excluding diaryl/α,β-unsaturated/α-hetero) is 1. The number of nitrogens with one attached hydrogen (secondary N) is 1. The van der Waals surface area contributed by atoms with E-state index >= 15 is 0 Å². The molecule has 0 saturated carbocycles. The van der Waals surface area contributed by atoms with Crippen LogP contribution in [0.25, 0.3) is 0 Å². The van der Waals surface area contributed by atoms with Crippen LogP contribution in [-0.4, -0.2) is 42.4 Å². The maximum absolute atomic E-state index is 12.0. The molecule has 2 aliphatic heterocycles. The molecule has 2 saturated heterocycles. The van der Waals surface area contributed by atoms with Crippen molar-refractivity contribution >= 4 is 5.78 Å². The molecule has 3 nitrogen and oxygen atoms in total. The molecule has 0 bridgehead atoms. The number of hydrogen-bond donors (Lipinski definition) is 1. The van der Waals surface area contributed by atoms with E-state index < -0.39 is 0 Å². The number of rotatable bonds is 2. The van der Waals surface area contributed by atoms with Gasteiger partial charge < -0.3 is 5.32 Å². The summed E-state index contributed by atoms with van der Waals surface area (Å²) in [6.45, 7) is 6.29. The Morgan fingerprint density at radius 2 is 2.14 bits per heavy atom. The van der Waals surface area contributed by atoms with Gasteiger partial charge in [0, 0.05) is 13.0 Å². The number of carbonyl (C=O) groups is 1. The molecule has 0 amide bonds. The van der Waals surface area contributed by atoms with E-state index in [1.807, 2.05) is 0 Å². The SMILES string of the molecule is CCCN1CCC(=O)C12CCNCC2. The molecule has 3 heteroatoms. The minimum atomic E-state index is -0.0682. The Kier molecular flexibility index (Phi) is 2.88. The van der Waals surface area contributed by atoms with Gasteiger partial charge in [0.05, 0.1) is 5.54 Å². The summed E-state index contributed by atoms with van der Waals surface area (Å²) in [5, 5.41) is 3.34. The first kappa shape index (κ1) is 10.1. The smallest absolute Gasteiger partial charge is 0.154 e. The quantitative estimate of drug-likeness (QED) is 0.709. The van der Waals surface area contributed by atoms with Crippen LogP contribution in [0.1, 0.15) is 32.6 Å². The Bertz CT molecular complexity index is 221. The standard InChI is InChI=1S/C11H20N2O/c1-2-8-13-9-3-10(14)11(13)4-6-12-7-5-11/h12H,2-9H2,1H3. The van der Waals surface area contributed by atoms with Crippen molar-refractivity contribution in [3.63, 3.8) is 0 Å². The third-order valence-electron chi connectivity index (χ3n) is 3.66. The van der Waals surface area contributed by atoms with Gasteiger partial charge in [0.25, 0.3) is 0 Å². The zero-order chi connectivity index (χ0) is 10.0. The first-order valence-corrected chi connectivity index (χ1v) is 5.79. The summed E-state index contributed by atoms with van der Waals surface area (Å²) in [6, 6.07) is 0. The van der Waals surface area contributed by atoms with Crippen molar-refractivity contribution in [1.29, 1.82) is 0 Å². The van der Waals surface area contributed by atoms with Crippen molar-refractivity contribution in [3.8, 4) is 0 Å². The van der Waals surface area contributed by atoms with Gasteiger partial charge in [-0.05, 0) is 38.9 Å². The molecule has 0 radical (unpaired) electrons. The Hall–Kier alpha value is -0.410. The van der Waals surface area contributed by atoms with Crippen molar-refractivity contribution in [2.45, 2.75) is 38.1 Å². The molecule has 2 heterocycles. The summed E-state index contributed by atoms with van der Waals surface area (Å²) in [6.07, 6.45) is 3.97. The Morgan fingerprint density at radius 1 is 1.43 bits per heavy atom. The molecular formula is C11H20N2O. The molecule has 2 fully saturated rings. The van der Waals surface area contributed by atoms with E-state index in [2.05, 4.69) is 17.1 Å². The van der Waals surface area contributed by atoms with Gasteiger partial charge in [-0.25, -0.2) is 0 Å². The third-order valence-corrected chi connectivity index (χ3v) is 3.66. The van der Waals surface area contributed by atoms with Crippen molar-refractivity contribution in [1.82, 2.24) is 10.2 Å². The molecular weight excluding hydrogens is 176 g/mol. The van der Waals surface area contributed by atoms with Crippen LogP contribution in [0.15, 0.2) is 0 Å². The van der Waals surface area contributed by atoms with Gasteiger partial charge >= 0.3 is 0 Å². The lowest BCUT2D eigenvalue weighted by atomic mass is 9.84. The Balaban J connectivity index is 2.13. The monoisotopic (exact) mass is 196 g/mol. The summed E-state index contributed by atoms with van der Waals surface area (Å²) in [5.74, 6) is 0.493. The first-order chi connectivity index (χ1) is 6.79. The molecule has 1 spiro atoms. The summed E-state index contributed by atoms with van der Waals surface area (Å²) in [7, 11) is 0. The van der Waals surface area contributed by atoms with E-state index in [1.54, 1.807) is 0 Å².